The van der Waals surface area contributed by atoms with Crippen LogP contribution in [-0.4, -0.2) is 13.5 Å². The molecule has 3 aromatic rings. The highest BCUT2D eigenvalue weighted by Gasteiger charge is 2.22. The van der Waals surface area contributed by atoms with Crippen LogP contribution in [0.5, 0.6) is 17.2 Å². The molecule has 0 spiro atoms. The van der Waals surface area contributed by atoms with Gasteiger partial charge in [-0.15, -0.1) is 0 Å². The van der Waals surface area contributed by atoms with E-state index in [1.807, 2.05) is 18.2 Å². The van der Waals surface area contributed by atoms with Crippen molar-refractivity contribution in [2.24, 2.45) is 0 Å². The van der Waals surface area contributed by atoms with Crippen molar-refractivity contribution in [3.8, 4) is 17.2 Å². The lowest BCUT2D eigenvalue weighted by Gasteiger charge is -2.10. The van der Waals surface area contributed by atoms with E-state index < -0.39 is 15.6 Å². The molecule has 0 amide bonds. The third-order valence-corrected chi connectivity index (χ3v) is 5.76. The fourth-order valence-corrected chi connectivity index (χ4v) is 4.50. The van der Waals surface area contributed by atoms with E-state index in [2.05, 4.69) is 0 Å². The van der Waals surface area contributed by atoms with Gasteiger partial charge in [-0.05, 0) is 42.0 Å². The van der Waals surface area contributed by atoms with Crippen LogP contribution >= 0.6 is 23.2 Å². The highest BCUT2D eigenvalue weighted by atomic mass is 35.5. The maximum Gasteiger partial charge on any atom is 0.186 e. The lowest BCUT2D eigenvalue weighted by Crippen LogP contribution is -2.06. The number of hydrogen-bond donors (Lipinski definition) is 1. The quantitative estimate of drug-likeness (QED) is 0.608. The second-order valence-electron chi connectivity index (χ2n) is 5.56. The van der Waals surface area contributed by atoms with E-state index in [1.165, 1.54) is 12.1 Å². The molecule has 0 fully saturated rings. The van der Waals surface area contributed by atoms with E-state index >= 15 is 0 Å². The molecule has 7 heteroatoms. The first-order valence-corrected chi connectivity index (χ1v) is 9.98. The Hall–Kier alpha value is -2.21. The summed E-state index contributed by atoms with van der Waals surface area (Å²) in [7, 11) is -3.85. The molecule has 0 aliphatic rings. The summed E-state index contributed by atoms with van der Waals surface area (Å²) in [4.78, 5) is -0.301. The van der Waals surface area contributed by atoms with Crippen molar-refractivity contribution in [1.29, 1.82) is 0 Å². The number of aromatic hydroxyl groups is 1. The molecule has 0 aliphatic heterocycles. The second-order valence-corrected chi connectivity index (χ2v) is 8.36. The Morgan fingerprint density at radius 3 is 2.31 bits per heavy atom. The standard InChI is InChI=1S/C19H14Cl2O4S/c20-14-10-17(21)19(22)18(11-14)26(23,24)12-13-5-4-8-16(9-13)25-15-6-2-1-3-7-15/h1-11,22H,12H2. The number of sulfone groups is 1. The maximum atomic E-state index is 12.7. The molecule has 3 aromatic carbocycles. The number of ether oxygens (including phenoxy) is 1. The topological polar surface area (TPSA) is 63.6 Å². The average molecular weight is 409 g/mol. The van der Waals surface area contributed by atoms with Crippen LogP contribution in [0, 0.1) is 0 Å². The lowest BCUT2D eigenvalue weighted by molar-refractivity contribution is 0.459. The second kappa shape index (κ2) is 7.58. The summed E-state index contributed by atoms with van der Waals surface area (Å²) in [6.07, 6.45) is 0. The number of halogens is 2. The zero-order valence-electron chi connectivity index (χ0n) is 13.4. The van der Waals surface area contributed by atoms with Crippen LogP contribution in [0.2, 0.25) is 10.0 Å². The Labute approximate surface area is 161 Å². The minimum atomic E-state index is -3.85. The van der Waals surface area contributed by atoms with Gasteiger partial charge in [0.2, 0.25) is 0 Å². The summed E-state index contributed by atoms with van der Waals surface area (Å²) in [5.41, 5.74) is 0.508. The van der Waals surface area contributed by atoms with Crippen molar-refractivity contribution in [1.82, 2.24) is 0 Å². The smallest absolute Gasteiger partial charge is 0.186 e. The number of phenols is 1. The molecule has 0 heterocycles. The Bertz CT molecular complexity index is 1030. The molecule has 0 radical (unpaired) electrons. The highest BCUT2D eigenvalue weighted by molar-refractivity contribution is 7.90. The normalized spacial score (nSPS) is 11.3. The van der Waals surface area contributed by atoms with Gasteiger partial charge in [-0.25, -0.2) is 8.42 Å². The molecule has 0 atom stereocenters. The third-order valence-electron chi connectivity index (χ3n) is 3.56. The Kier molecular flexibility index (Phi) is 5.41. The molecule has 0 bridgehead atoms. The number of hydrogen-bond acceptors (Lipinski definition) is 4. The average Bonchev–Trinajstić information content (AvgIpc) is 2.59. The molecule has 3 rings (SSSR count). The third kappa shape index (κ3) is 4.30. The van der Waals surface area contributed by atoms with Crippen LogP contribution in [0.15, 0.2) is 71.6 Å². The Morgan fingerprint density at radius 1 is 0.885 bits per heavy atom. The van der Waals surface area contributed by atoms with Gasteiger partial charge < -0.3 is 9.84 Å². The molecule has 0 aliphatic carbocycles. The predicted octanol–water partition coefficient (Wildman–Crippen LogP) is 5.47. The largest absolute Gasteiger partial charge is 0.505 e. The summed E-state index contributed by atoms with van der Waals surface area (Å²) in [5, 5.41) is 10.0. The van der Waals surface area contributed by atoms with E-state index in [0.29, 0.717) is 17.1 Å². The minimum absolute atomic E-state index is 0.114. The van der Waals surface area contributed by atoms with Gasteiger partial charge in [0.1, 0.15) is 16.4 Å². The Balaban J connectivity index is 1.88. The van der Waals surface area contributed by atoms with Crippen LogP contribution in [0.25, 0.3) is 0 Å². The summed E-state index contributed by atoms with van der Waals surface area (Å²) in [6.45, 7) is 0. The SMILES string of the molecule is O=S(=O)(Cc1cccc(Oc2ccccc2)c1)c1cc(Cl)cc(Cl)c1O. The van der Waals surface area contributed by atoms with Gasteiger partial charge in [-0.3, -0.25) is 0 Å². The van der Waals surface area contributed by atoms with Gasteiger partial charge in [0.15, 0.2) is 15.6 Å². The summed E-state index contributed by atoms with van der Waals surface area (Å²) < 4.78 is 31.1. The molecule has 4 nitrogen and oxygen atoms in total. The van der Waals surface area contributed by atoms with Crippen molar-refractivity contribution in [2.45, 2.75) is 10.6 Å². The molecular formula is C19H14Cl2O4S. The monoisotopic (exact) mass is 408 g/mol. The zero-order chi connectivity index (χ0) is 18.7. The molecule has 0 saturated heterocycles. The van der Waals surface area contributed by atoms with E-state index in [4.69, 9.17) is 27.9 Å². The summed E-state index contributed by atoms with van der Waals surface area (Å²) in [5.74, 6) is 0.320. The van der Waals surface area contributed by atoms with Gasteiger partial charge in [0, 0.05) is 5.02 Å². The van der Waals surface area contributed by atoms with Crippen LogP contribution in [0.4, 0.5) is 0 Å². The lowest BCUT2D eigenvalue weighted by atomic mass is 10.2. The Morgan fingerprint density at radius 2 is 1.58 bits per heavy atom. The van der Waals surface area contributed by atoms with Crippen molar-refractivity contribution in [2.75, 3.05) is 0 Å². The fourth-order valence-electron chi connectivity index (χ4n) is 2.40. The van der Waals surface area contributed by atoms with Gasteiger partial charge in [0.05, 0.1) is 10.8 Å². The summed E-state index contributed by atoms with van der Waals surface area (Å²) in [6, 6.07) is 18.4. The van der Waals surface area contributed by atoms with E-state index in [1.54, 1.807) is 36.4 Å². The molecule has 26 heavy (non-hydrogen) atoms. The number of benzene rings is 3. The molecule has 1 N–H and O–H groups in total. The minimum Gasteiger partial charge on any atom is -0.505 e. The van der Waals surface area contributed by atoms with Crippen molar-refractivity contribution >= 4 is 33.0 Å². The molecule has 0 unspecified atom stereocenters. The van der Waals surface area contributed by atoms with Gasteiger partial charge in [0.25, 0.3) is 0 Å². The van der Waals surface area contributed by atoms with E-state index in [9.17, 15) is 13.5 Å². The highest BCUT2D eigenvalue weighted by Crippen LogP contribution is 2.36. The van der Waals surface area contributed by atoms with Crippen LogP contribution < -0.4 is 4.74 Å². The number of rotatable bonds is 5. The summed E-state index contributed by atoms with van der Waals surface area (Å²) >= 11 is 11.7. The first-order valence-electron chi connectivity index (χ1n) is 7.58. The van der Waals surface area contributed by atoms with Crippen molar-refractivity contribution < 1.29 is 18.3 Å². The molecule has 0 saturated carbocycles. The zero-order valence-corrected chi connectivity index (χ0v) is 15.7. The van der Waals surface area contributed by atoms with Gasteiger partial charge >= 0.3 is 0 Å². The van der Waals surface area contributed by atoms with Gasteiger partial charge in [-0.2, -0.15) is 0 Å². The molecule has 0 aromatic heterocycles. The maximum absolute atomic E-state index is 12.7. The predicted molar refractivity (Wildman–Crippen MR) is 102 cm³/mol. The van der Waals surface area contributed by atoms with Crippen LogP contribution in [0.1, 0.15) is 5.56 Å². The fraction of sp³-hybridized carbons (Fsp3) is 0.0526. The van der Waals surface area contributed by atoms with E-state index in [-0.39, 0.29) is 20.7 Å². The number of phenolic OH excluding ortho intramolecular Hbond substituents is 1. The van der Waals surface area contributed by atoms with Crippen molar-refractivity contribution in [3.63, 3.8) is 0 Å². The number of para-hydroxylation sites is 1. The van der Waals surface area contributed by atoms with Crippen LogP contribution in [-0.2, 0) is 15.6 Å². The first-order chi connectivity index (χ1) is 12.3. The van der Waals surface area contributed by atoms with E-state index in [0.717, 1.165) is 0 Å². The van der Waals surface area contributed by atoms with Gasteiger partial charge in [-0.1, -0.05) is 53.5 Å². The molecule has 134 valence electrons. The van der Waals surface area contributed by atoms with Crippen molar-refractivity contribution in [3.05, 3.63) is 82.3 Å². The first kappa shape index (κ1) is 18.6. The molecular weight excluding hydrogens is 395 g/mol. The van der Waals surface area contributed by atoms with Crippen LogP contribution in [0.3, 0.4) is 0 Å².